The molecule has 0 aromatic heterocycles. The SMILES string of the molecule is COc1ccc(N=CC(C(=O)Nc2ccc(OC)cc2)=C(O)c2ccccc2)cc1. The summed E-state index contributed by atoms with van der Waals surface area (Å²) in [5, 5.41) is 13.5. The van der Waals surface area contributed by atoms with E-state index in [1.165, 1.54) is 6.21 Å². The van der Waals surface area contributed by atoms with Gasteiger partial charge in [0, 0.05) is 17.5 Å². The lowest BCUT2D eigenvalue weighted by atomic mass is 10.1. The van der Waals surface area contributed by atoms with Gasteiger partial charge in [0.2, 0.25) is 0 Å². The normalized spacial score (nSPS) is 11.7. The van der Waals surface area contributed by atoms with Gasteiger partial charge in [-0.05, 0) is 48.5 Å². The zero-order valence-electron chi connectivity index (χ0n) is 16.7. The highest BCUT2D eigenvalue weighted by atomic mass is 16.5. The van der Waals surface area contributed by atoms with Crippen LogP contribution in [0.2, 0.25) is 0 Å². The molecule has 0 spiro atoms. The van der Waals surface area contributed by atoms with E-state index in [1.54, 1.807) is 87.0 Å². The molecule has 0 aliphatic carbocycles. The molecule has 0 aliphatic heterocycles. The summed E-state index contributed by atoms with van der Waals surface area (Å²) in [6.07, 6.45) is 1.35. The number of methoxy groups -OCH3 is 2. The topological polar surface area (TPSA) is 80.2 Å². The number of carbonyl (C=O) groups is 1. The van der Waals surface area contributed by atoms with Crippen molar-refractivity contribution in [1.29, 1.82) is 0 Å². The highest BCUT2D eigenvalue weighted by molar-refractivity contribution is 6.22. The number of anilines is 1. The quantitative estimate of drug-likeness (QED) is 0.331. The summed E-state index contributed by atoms with van der Waals surface area (Å²) in [5.41, 5.74) is 1.73. The number of aliphatic imine (C=N–C) groups is 1. The summed E-state index contributed by atoms with van der Waals surface area (Å²) >= 11 is 0. The fourth-order valence-electron chi connectivity index (χ4n) is 2.66. The lowest BCUT2D eigenvalue weighted by molar-refractivity contribution is -0.112. The summed E-state index contributed by atoms with van der Waals surface area (Å²) in [4.78, 5) is 17.3. The molecule has 0 saturated carbocycles. The van der Waals surface area contributed by atoms with E-state index in [1.807, 2.05) is 6.07 Å². The Bertz CT molecular complexity index is 1040. The maximum atomic E-state index is 12.9. The third-order valence-corrected chi connectivity index (χ3v) is 4.31. The lowest BCUT2D eigenvalue weighted by Gasteiger charge is -2.09. The molecule has 3 aromatic rings. The minimum atomic E-state index is -0.487. The molecular weight excluding hydrogens is 380 g/mol. The Labute approximate surface area is 175 Å². The van der Waals surface area contributed by atoms with E-state index in [0.717, 1.165) is 0 Å². The third kappa shape index (κ3) is 5.26. The van der Waals surface area contributed by atoms with E-state index in [2.05, 4.69) is 10.3 Å². The van der Waals surface area contributed by atoms with Gasteiger partial charge < -0.3 is 19.9 Å². The number of aliphatic hydroxyl groups is 1. The second-order valence-electron chi connectivity index (χ2n) is 6.27. The zero-order valence-corrected chi connectivity index (χ0v) is 16.7. The van der Waals surface area contributed by atoms with Crippen molar-refractivity contribution in [3.8, 4) is 11.5 Å². The molecule has 0 fully saturated rings. The number of aliphatic hydroxyl groups excluding tert-OH is 1. The molecule has 2 N–H and O–H groups in total. The largest absolute Gasteiger partial charge is 0.506 e. The van der Waals surface area contributed by atoms with Crippen molar-refractivity contribution in [2.45, 2.75) is 0 Å². The fraction of sp³-hybridized carbons (Fsp3) is 0.0833. The van der Waals surface area contributed by atoms with Crippen LogP contribution < -0.4 is 14.8 Å². The molecule has 0 saturated heterocycles. The Hall–Kier alpha value is -4.06. The van der Waals surface area contributed by atoms with Crippen molar-refractivity contribution in [2.24, 2.45) is 4.99 Å². The number of rotatable bonds is 7. The van der Waals surface area contributed by atoms with Crippen molar-refractivity contribution in [3.63, 3.8) is 0 Å². The first-order valence-corrected chi connectivity index (χ1v) is 9.23. The Morgan fingerprint density at radius 1 is 0.867 bits per heavy atom. The lowest BCUT2D eigenvalue weighted by Crippen LogP contribution is -2.17. The monoisotopic (exact) mass is 402 g/mol. The number of nitrogens with zero attached hydrogens (tertiary/aromatic N) is 1. The average molecular weight is 402 g/mol. The summed E-state index contributed by atoms with van der Waals surface area (Å²) in [5.74, 6) is 0.726. The van der Waals surface area contributed by atoms with E-state index in [9.17, 15) is 9.90 Å². The van der Waals surface area contributed by atoms with Crippen molar-refractivity contribution in [3.05, 3.63) is 90.0 Å². The molecule has 0 aliphatic rings. The minimum Gasteiger partial charge on any atom is -0.506 e. The molecule has 0 radical (unpaired) electrons. The molecule has 1 amide bonds. The number of hydrogen-bond donors (Lipinski definition) is 2. The van der Waals surface area contributed by atoms with Crippen LogP contribution in [0.3, 0.4) is 0 Å². The fourth-order valence-corrected chi connectivity index (χ4v) is 2.66. The van der Waals surface area contributed by atoms with Gasteiger partial charge in [-0.1, -0.05) is 30.3 Å². The number of amides is 1. The standard InChI is InChI=1S/C24H22N2O4/c1-29-20-12-8-18(9-13-20)25-16-22(23(27)17-6-4-3-5-7-17)24(28)26-19-10-14-21(30-2)15-11-19/h3-16,27H,1-2H3,(H,26,28). The van der Waals surface area contributed by atoms with Gasteiger partial charge in [0.05, 0.1) is 19.9 Å². The molecule has 3 aromatic carbocycles. The van der Waals surface area contributed by atoms with Gasteiger partial charge in [0.15, 0.2) is 0 Å². The second kappa shape index (κ2) is 9.93. The molecule has 0 unspecified atom stereocenters. The number of ether oxygens (including phenoxy) is 2. The highest BCUT2D eigenvalue weighted by Crippen LogP contribution is 2.21. The van der Waals surface area contributed by atoms with Crippen LogP contribution in [0.4, 0.5) is 11.4 Å². The predicted molar refractivity (Wildman–Crippen MR) is 119 cm³/mol. The summed E-state index contributed by atoms with van der Waals surface area (Å²) in [7, 11) is 3.16. The van der Waals surface area contributed by atoms with Crippen molar-refractivity contribution < 1.29 is 19.4 Å². The van der Waals surface area contributed by atoms with E-state index >= 15 is 0 Å². The number of nitrogens with one attached hydrogen (secondary N) is 1. The Morgan fingerprint density at radius 2 is 1.43 bits per heavy atom. The highest BCUT2D eigenvalue weighted by Gasteiger charge is 2.15. The van der Waals surface area contributed by atoms with Gasteiger partial charge >= 0.3 is 0 Å². The predicted octanol–water partition coefficient (Wildman–Crippen LogP) is 5.01. The van der Waals surface area contributed by atoms with Gasteiger partial charge in [-0.15, -0.1) is 0 Å². The summed E-state index contributed by atoms with van der Waals surface area (Å²) in [6, 6.07) is 22.8. The van der Waals surface area contributed by atoms with Crippen LogP contribution in [0.15, 0.2) is 89.4 Å². The first kappa shape index (κ1) is 20.7. The molecule has 0 atom stereocenters. The van der Waals surface area contributed by atoms with E-state index in [0.29, 0.717) is 28.4 Å². The minimum absolute atomic E-state index is 0.0350. The molecule has 152 valence electrons. The van der Waals surface area contributed by atoms with Crippen LogP contribution in [0, 0.1) is 0 Å². The van der Waals surface area contributed by atoms with Gasteiger partial charge in [0.25, 0.3) is 5.91 Å². The molecule has 6 heteroatoms. The third-order valence-electron chi connectivity index (χ3n) is 4.31. The smallest absolute Gasteiger partial charge is 0.261 e. The van der Waals surface area contributed by atoms with Crippen LogP contribution >= 0.6 is 0 Å². The molecule has 0 bridgehead atoms. The number of carbonyl (C=O) groups excluding carboxylic acids is 1. The molecule has 30 heavy (non-hydrogen) atoms. The first-order valence-electron chi connectivity index (χ1n) is 9.23. The second-order valence-corrected chi connectivity index (χ2v) is 6.27. The molecule has 3 rings (SSSR count). The Balaban J connectivity index is 1.91. The molecule has 0 heterocycles. The van der Waals surface area contributed by atoms with Crippen LogP contribution in [0.5, 0.6) is 11.5 Å². The van der Waals surface area contributed by atoms with Crippen molar-refractivity contribution in [1.82, 2.24) is 0 Å². The van der Waals surface area contributed by atoms with Crippen LogP contribution in [-0.2, 0) is 4.79 Å². The first-order chi connectivity index (χ1) is 14.6. The van der Waals surface area contributed by atoms with Crippen molar-refractivity contribution in [2.75, 3.05) is 19.5 Å². The zero-order chi connectivity index (χ0) is 21.3. The van der Waals surface area contributed by atoms with E-state index in [-0.39, 0.29) is 11.3 Å². The van der Waals surface area contributed by atoms with Gasteiger partial charge in [0.1, 0.15) is 22.8 Å². The Kier molecular flexibility index (Phi) is 6.84. The molecular formula is C24H22N2O4. The van der Waals surface area contributed by atoms with Crippen LogP contribution in [0.25, 0.3) is 5.76 Å². The average Bonchev–Trinajstić information content (AvgIpc) is 2.80. The summed E-state index contributed by atoms with van der Waals surface area (Å²) in [6.45, 7) is 0. The Morgan fingerprint density at radius 3 is 2.00 bits per heavy atom. The van der Waals surface area contributed by atoms with Gasteiger partial charge in [-0.25, -0.2) is 0 Å². The van der Waals surface area contributed by atoms with Gasteiger partial charge in [-0.3, -0.25) is 9.79 Å². The van der Waals surface area contributed by atoms with Gasteiger partial charge in [-0.2, -0.15) is 0 Å². The van der Waals surface area contributed by atoms with Crippen molar-refractivity contribution >= 4 is 29.3 Å². The number of hydrogen-bond acceptors (Lipinski definition) is 5. The maximum Gasteiger partial charge on any atom is 0.261 e. The van der Waals surface area contributed by atoms with Crippen LogP contribution in [-0.4, -0.2) is 31.4 Å². The van der Waals surface area contributed by atoms with E-state index < -0.39 is 5.91 Å². The van der Waals surface area contributed by atoms with E-state index in [4.69, 9.17) is 9.47 Å². The van der Waals surface area contributed by atoms with Crippen LogP contribution in [0.1, 0.15) is 5.56 Å². The molecule has 6 nitrogen and oxygen atoms in total. The maximum absolute atomic E-state index is 12.9. The number of benzene rings is 3. The summed E-state index contributed by atoms with van der Waals surface area (Å²) < 4.78 is 10.3.